The van der Waals surface area contributed by atoms with Crippen molar-refractivity contribution in [2.24, 2.45) is 11.8 Å². The SMILES string of the molecule is Cc1cccc(NC(=O)N[C@@H](CO)C(=O)N[C@@H](CC(C)C)C(=O)N[C@H](C(=O)O)C(C)C)c1. The van der Waals surface area contributed by atoms with E-state index in [1.807, 2.05) is 26.8 Å². The van der Waals surface area contributed by atoms with Crippen molar-refractivity contribution in [2.75, 3.05) is 11.9 Å². The van der Waals surface area contributed by atoms with Gasteiger partial charge in [-0.1, -0.05) is 39.8 Å². The molecule has 10 nitrogen and oxygen atoms in total. The number of amides is 4. The fourth-order valence-electron chi connectivity index (χ4n) is 2.98. The highest BCUT2D eigenvalue weighted by atomic mass is 16.4. The van der Waals surface area contributed by atoms with Gasteiger partial charge in [-0.05, 0) is 42.9 Å². The first-order valence-corrected chi connectivity index (χ1v) is 10.5. The van der Waals surface area contributed by atoms with E-state index in [2.05, 4.69) is 21.3 Å². The van der Waals surface area contributed by atoms with Gasteiger partial charge in [-0.3, -0.25) is 9.59 Å². The Hall–Kier alpha value is -3.14. The van der Waals surface area contributed by atoms with Gasteiger partial charge in [-0.2, -0.15) is 0 Å². The fourth-order valence-corrected chi connectivity index (χ4v) is 2.98. The molecule has 6 N–H and O–H groups in total. The minimum Gasteiger partial charge on any atom is -0.480 e. The molecular formula is C22H34N4O6. The Balaban J connectivity index is 2.84. The minimum atomic E-state index is -1.30. The second kappa shape index (κ2) is 12.7. The smallest absolute Gasteiger partial charge is 0.326 e. The summed E-state index contributed by atoms with van der Waals surface area (Å²) in [5, 5.41) is 28.8. The number of aryl methyl sites for hydroxylation is 1. The number of hydrogen-bond acceptors (Lipinski definition) is 5. The number of rotatable bonds is 11. The number of nitrogens with one attached hydrogen (secondary N) is 4. The fraction of sp³-hybridized carbons (Fsp3) is 0.545. The highest BCUT2D eigenvalue weighted by Crippen LogP contribution is 2.10. The summed E-state index contributed by atoms with van der Waals surface area (Å²) in [5.74, 6) is -2.92. The number of urea groups is 1. The molecule has 0 aliphatic rings. The third-order valence-corrected chi connectivity index (χ3v) is 4.65. The van der Waals surface area contributed by atoms with Gasteiger partial charge in [-0.15, -0.1) is 0 Å². The Kier molecular flexibility index (Phi) is 10.6. The van der Waals surface area contributed by atoms with Crippen molar-refractivity contribution in [3.05, 3.63) is 29.8 Å². The lowest BCUT2D eigenvalue weighted by Crippen LogP contribution is -2.57. The molecule has 3 atom stereocenters. The average molecular weight is 451 g/mol. The number of aliphatic carboxylic acids is 1. The number of hydrogen-bond donors (Lipinski definition) is 6. The topological polar surface area (TPSA) is 157 Å². The monoisotopic (exact) mass is 450 g/mol. The third-order valence-electron chi connectivity index (χ3n) is 4.65. The molecule has 0 spiro atoms. The van der Waals surface area contributed by atoms with Crippen LogP contribution in [-0.2, 0) is 14.4 Å². The molecule has 0 aliphatic carbocycles. The largest absolute Gasteiger partial charge is 0.480 e. The van der Waals surface area contributed by atoms with Gasteiger partial charge in [0.05, 0.1) is 6.61 Å². The molecular weight excluding hydrogens is 416 g/mol. The van der Waals surface area contributed by atoms with E-state index in [0.29, 0.717) is 5.69 Å². The van der Waals surface area contributed by atoms with Crippen LogP contribution in [0.5, 0.6) is 0 Å². The number of anilines is 1. The van der Waals surface area contributed by atoms with E-state index in [4.69, 9.17) is 0 Å². The quantitative estimate of drug-likeness (QED) is 0.298. The Morgan fingerprint density at radius 2 is 1.56 bits per heavy atom. The van der Waals surface area contributed by atoms with Crippen LogP contribution in [0.4, 0.5) is 10.5 Å². The second-order valence-corrected chi connectivity index (χ2v) is 8.46. The lowest BCUT2D eigenvalue weighted by Gasteiger charge is -2.26. The maximum absolute atomic E-state index is 12.7. The van der Waals surface area contributed by atoms with Crippen LogP contribution in [0.3, 0.4) is 0 Å². The van der Waals surface area contributed by atoms with Gasteiger partial charge in [0, 0.05) is 5.69 Å². The van der Waals surface area contributed by atoms with Crippen molar-refractivity contribution < 1.29 is 29.4 Å². The van der Waals surface area contributed by atoms with Crippen molar-refractivity contribution in [3.63, 3.8) is 0 Å². The van der Waals surface area contributed by atoms with Crippen molar-refractivity contribution in [2.45, 2.75) is 59.2 Å². The van der Waals surface area contributed by atoms with E-state index in [9.17, 15) is 29.4 Å². The first kappa shape index (κ1) is 26.9. The molecule has 10 heteroatoms. The van der Waals surface area contributed by atoms with Crippen molar-refractivity contribution in [1.82, 2.24) is 16.0 Å². The van der Waals surface area contributed by atoms with Gasteiger partial charge in [0.1, 0.15) is 18.1 Å². The van der Waals surface area contributed by atoms with Crippen LogP contribution < -0.4 is 21.3 Å². The Bertz CT molecular complexity index is 811. The standard InChI is InChI=1S/C22H34N4O6/c1-12(2)9-16(19(28)26-18(13(3)4)21(30)31)24-20(29)17(11-27)25-22(32)23-15-8-6-7-14(5)10-15/h6-8,10,12-13,16-18,27H,9,11H2,1-5H3,(H,24,29)(H,26,28)(H,30,31)(H2,23,25,32)/t16-,17-,18-/m0/s1. The summed E-state index contributed by atoms with van der Waals surface area (Å²) in [6, 6.07) is 2.91. The molecule has 1 aromatic carbocycles. The highest BCUT2D eigenvalue weighted by molar-refractivity contribution is 5.96. The maximum atomic E-state index is 12.7. The predicted molar refractivity (Wildman–Crippen MR) is 120 cm³/mol. The molecule has 0 aliphatic heterocycles. The molecule has 0 heterocycles. The van der Waals surface area contributed by atoms with Gasteiger partial charge < -0.3 is 31.5 Å². The second-order valence-electron chi connectivity index (χ2n) is 8.46. The number of carboxylic acid groups (broad SMARTS) is 1. The van der Waals surface area contributed by atoms with Crippen molar-refractivity contribution >= 4 is 29.5 Å². The Labute approximate surface area is 188 Å². The van der Waals surface area contributed by atoms with Crippen LogP contribution >= 0.6 is 0 Å². The minimum absolute atomic E-state index is 0.0125. The molecule has 0 bridgehead atoms. The number of aliphatic hydroxyl groups is 1. The van der Waals surface area contributed by atoms with Gasteiger partial charge >= 0.3 is 12.0 Å². The summed E-state index contributed by atoms with van der Waals surface area (Å²) in [6.45, 7) is 8.19. The third kappa shape index (κ3) is 8.93. The molecule has 0 unspecified atom stereocenters. The molecule has 4 amide bonds. The van der Waals surface area contributed by atoms with E-state index in [1.165, 1.54) is 0 Å². The summed E-state index contributed by atoms with van der Waals surface area (Å²) in [6.07, 6.45) is 0.246. The van der Waals surface area contributed by atoms with E-state index < -0.39 is 48.5 Å². The van der Waals surface area contributed by atoms with Crippen LogP contribution in [0.2, 0.25) is 0 Å². The van der Waals surface area contributed by atoms with Gasteiger partial charge in [-0.25, -0.2) is 9.59 Å². The number of aliphatic hydroxyl groups excluding tert-OH is 1. The van der Waals surface area contributed by atoms with Gasteiger partial charge in [0.15, 0.2) is 0 Å². The van der Waals surface area contributed by atoms with Crippen LogP contribution in [0.25, 0.3) is 0 Å². The molecule has 1 aromatic rings. The summed E-state index contributed by atoms with van der Waals surface area (Å²) < 4.78 is 0. The number of carbonyl (C=O) groups is 4. The summed E-state index contributed by atoms with van der Waals surface area (Å²) in [7, 11) is 0. The molecule has 0 fully saturated rings. The molecule has 0 radical (unpaired) electrons. The first-order chi connectivity index (χ1) is 14.9. The molecule has 32 heavy (non-hydrogen) atoms. The Morgan fingerprint density at radius 3 is 2.06 bits per heavy atom. The van der Waals surface area contributed by atoms with Gasteiger partial charge in [0.2, 0.25) is 11.8 Å². The summed E-state index contributed by atoms with van der Waals surface area (Å²) in [4.78, 5) is 49.0. The average Bonchev–Trinajstić information content (AvgIpc) is 2.68. The number of carboxylic acids is 1. The lowest BCUT2D eigenvalue weighted by atomic mass is 10.00. The van der Waals surface area contributed by atoms with Gasteiger partial charge in [0.25, 0.3) is 0 Å². The number of benzene rings is 1. The number of carbonyl (C=O) groups excluding carboxylic acids is 3. The molecule has 1 rings (SSSR count). The van der Waals surface area contributed by atoms with Crippen molar-refractivity contribution in [3.8, 4) is 0 Å². The first-order valence-electron chi connectivity index (χ1n) is 10.5. The molecule has 0 aromatic heterocycles. The Morgan fingerprint density at radius 1 is 0.938 bits per heavy atom. The van der Waals surface area contributed by atoms with Crippen molar-refractivity contribution in [1.29, 1.82) is 0 Å². The molecule has 178 valence electrons. The van der Waals surface area contributed by atoms with E-state index in [0.717, 1.165) is 5.56 Å². The van der Waals surface area contributed by atoms with E-state index in [-0.39, 0.29) is 18.3 Å². The maximum Gasteiger partial charge on any atom is 0.326 e. The predicted octanol–water partition coefficient (Wildman–Crippen LogP) is 1.23. The normalized spacial score (nSPS) is 13.8. The zero-order valence-electron chi connectivity index (χ0n) is 19.1. The highest BCUT2D eigenvalue weighted by Gasteiger charge is 2.31. The zero-order valence-corrected chi connectivity index (χ0v) is 19.1. The molecule has 0 saturated carbocycles. The van der Waals surface area contributed by atoms with Crippen LogP contribution in [0.15, 0.2) is 24.3 Å². The van der Waals surface area contributed by atoms with Crippen LogP contribution in [0, 0.1) is 18.8 Å². The molecule has 0 saturated heterocycles. The lowest BCUT2D eigenvalue weighted by molar-refractivity contribution is -0.143. The zero-order chi connectivity index (χ0) is 24.4. The van der Waals surface area contributed by atoms with E-state index >= 15 is 0 Å². The van der Waals surface area contributed by atoms with E-state index in [1.54, 1.807) is 32.0 Å². The van der Waals surface area contributed by atoms with Crippen LogP contribution in [0.1, 0.15) is 39.7 Å². The van der Waals surface area contributed by atoms with Crippen LogP contribution in [-0.4, -0.2) is 58.8 Å². The summed E-state index contributed by atoms with van der Waals surface area (Å²) in [5.41, 5.74) is 1.45. The summed E-state index contributed by atoms with van der Waals surface area (Å²) >= 11 is 0.